The Kier molecular flexibility index (Phi) is 4.45. The number of ether oxygens (including phenoxy) is 2. The Hall–Kier alpha value is -3.44. The van der Waals surface area contributed by atoms with Gasteiger partial charge >= 0.3 is 5.97 Å². The summed E-state index contributed by atoms with van der Waals surface area (Å²) in [5.41, 5.74) is 6.36. The van der Waals surface area contributed by atoms with E-state index in [2.05, 4.69) is 16.2 Å². The summed E-state index contributed by atoms with van der Waals surface area (Å²) < 4.78 is 13.1. The summed E-state index contributed by atoms with van der Waals surface area (Å²) in [6.45, 7) is 2.01. The van der Waals surface area contributed by atoms with Crippen molar-refractivity contribution in [1.29, 1.82) is 5.26 Å². The number of nitrogen functional groups attached to an aromatic ring is 1. The average Bonchev–Trinajstić information content (AvgIpc) is 3.29. The van der Waals surface area contributed by atoms with Gasteiger partial charge in [0.25, 0.3) is 0 Å². The Morgan fingerprint density at radius 2 is 2.18 bits per heavy atom. The molecule has 1 aromatic carbocycles. The second-order valence-electron chi connectivity index (χ2n) is 6.85. The predicted octanol–water partition coefficient (Wildman–Crippen LogP) is 2.31. The van der Waals surface area contributed by atoms with E-state index in [-0.39, 0.29) is 12.5 Å². The van der Waals surface area contributed by atoms with Gasteiger partial charge in [-0.3, -0.25) is 0 Å². The molecule has 3 heterocycles. The fraction of sp³-hybridized carbons (Fsp3) is 0.300. The number of rotatable bonds is 4. The number of carbonyl (C=O) groups is 1. The van der Waals surface area contributed by atoms with E-state index in [1.54, 1.807) is 40.9 Å². The van der Waals surface area contributed by atoms with Crippen LogP contribution in [0.1, 0.15) is 29.4 Å². The van der Waals surface area contributed by atoms with Gasteiger partial charge in [0.15, 0.2) is 11.4 Å². The lowest BCUT2D eigenvalue weighted by Crippen LogP contribution is -2.32. The third-order valence-electron chi connectivity index (χ3n) is 5.10. The molecule has 28 heavy (non-hydrogen) atoms. The van der Waals surface area contributed by atoms with Gasteiger partial charge in [-0.05, 0) is 30.7 Å². The van der Waals surface area contributed by atoms with Gasteiger partial charge in [0.1, 0.15) is 24.5 Å². The molecular weight excluding hydrogens is 358 g/mol. The van der Waals surface area contributed by atoms with Crippen LogP contribution in [0.15, 0.2) is 48.8 Å². The number of esters is 1. The normalized spacial score (nSPS) is 24.1. The lowest BCUT2D eigenvalue weighted by Gasteiger charge is -2.25. The van der Waals surface area contributed by atoms with Gasteiger partial charge in [-0.2, -0.15) is 10.4 Å². The van der Waals surface area contributed by atoms with Crippen LogP contribution in [0.5, 0.6) is 0 Å². The molecule has 8 nitrogen and oxygen atoms in total. The molecule has 1 saturated heterocycles. The number of carbonyl (C=O) groups excluding carboxylic acids is 1. The summed E-state index contributed by atoms with van der Waals surface area (Å²) in [6, 6.07) is 14.6. The Bertz CT molecular complexity index is 1060. The zero-order valence-corrected chi connectivity index (χ0v) is 15.3. The van der Waals surface area contributed by atoms with Crippen LogP contribution in [-0.2, 0) is 15.1 Å². The Labute approximate surface area is 161 Å². The van der Waals surface area contributed by atoms with E-state index in [0.717, 1.165) is 0 Å². The zero-order chi connectivity index (χ0) is 19.7. The first-order valence-corrected chi connectivity index (χ1v) is 8.95. The van der Waals surface area contributed by atoms with Gasteiger partial charge < -0.3 is 15.2 Å². The first-order valence-electron chi connectivity index (χ1n) is 8.95. The van der Waals surface area contributed by atoms with Crippen molar-refractivity contribution in [1.82, 2.24) is 14.6 Å². The number of hydrogen-bond acceptors (Lipinski definition) is 7. The fourth-order valence-corrected chi connectivity index (χ4v) is 3.66. The highest BCUT2D eigenvalue weighted by atomic mass is 16.6. The number of benzene rings is 1. The third kappa shape index (κ3) is 2.86. The summed E-state index contributed by atoms with van der Waals surface area (Å²) in [7, 11) is 0. The molecule has 4 rings (SSSR count). The van der Waals surface area contributed by atoms with Gasteiger partial charge in [-0.15, -0.1) is 0 Å². The molecule has 0 saturated carbocycles. The van der Waals surface area contributed by atoms with Gasteiger partial charge in [-0.1, -0.05) is 25.1 Å². The Morgan fingerprint density at radius 1 is 1.39 bits per heavy atom. The third-order valence-corrected chi connectivity index (χ3v) is 5.10. The van der Waals surface area contributed by atoms with Crippen molar-refractivity contribution in [2.24, 2.45) is 5.92 Å². The number of nitrogens with two attached hydrogens (primary N) is 1. The number of aromatic nitrogens is 3. The zero-order valence-electron chi connectivity index (χ0n) is 15.3. The summed E-state index contributed by atoms with van der Waals surface area (Å²) in [5, 5.41) is 14.2. The molecule has 2 N–H and O–H groups in total. The van der Waals surface area contributed by atoms with Crippen LogP contribution in [0.3, 0.4) is 0 Å². The smallest absolute Gasteiger partial charge is 0.338 e. The van der Waals surface area contributed by atoms with Gasteiger partial charge in [0.2, 0.25) is 0 Å². The molecule has 142 valence electrons. The minimum absolute atomic E-state index is 0.0714. The van der Waals surface area contributed by atoms with Gasteiger partial charge in [-0.25, -0.2) is 14.3 Å². The minimum atomic E-state index is -1.21. The first-order chi connectivity index (χ1) is 13.5. The van der Waals surface area contributed by atoms with E-state index in [1.165, 1.54) is 6.33 Å². The van der Waals surface area contributed by atoms with Crippen molar-refractivity contribution in [2.75, 3.05) is 12.3 Å². The minimum Gasteiger partial charge on any atom is -0.459 e. The van der Waals surface area contributed by atoms with Gasteiger partial charge in [0, 0.05) is 5.92 Å². The van der Waals surface area contributed by atoms with Crippen LogP contribution in [0, 0.1) is 17.2 Å². The quantitative estimate of drug-likeness (QED) is 0.694. The summed E-state index contributed by atoms with van der Waals surface area (Å²) in [6.07, 6.45) is 1.52. The lowest BCUT2D eigenvalue weighted by atomic mass is 9.87. The second kappa shape index (κ2) is 6.94. The lowest BCUT2D eigenvalue weighted by molar-refractivity contribution is -0.0488. The molecule has 0 radical (unpaired) electrons. The predicted molar refractivity (Wildman–Crippen MR) is 100 cm³/mol. The summed E-state index contributed by atoms with van der Waals surface area (Å²) in [5.74, 6) is -0.222. The standard InChI is InChI=1S/C20H19N5O3/c1-13-9-15(10-27-19(26)14-5-3-2-4-6-14)28-20(13,11-21)17-8-7-16-18(22)23-12-24-25(16)17/h2-8,12-13,15H,9-10H2,1H3,(H2,22,23,24)/t13-,15-,20?/m0/s1. The molecule has 8 heteroatoms. The van der Waals surface area contributed by atoms with Crippen LogP contribution in [0.2, 0.25) is 0 Å². The Balaban J connectivity index is 1.55. The summed E-state index contributed by atoms with van der Waals surface area (Å²) in [4.78, 5) is 16.1. The second-order valence-corrected chi connectivity index (χ2v) is 6.85. The van der Waals surface area contributed by atoms with Crippen molar-refractivity contribution in [2.45, 2.75) is 25.0 Å². The SMILES string of the molecule is C[C@H]1C[C@@H](COC(=O)c2ccccc2)OC1(C#N)c1ccc2c(N)ncnn12. The Morgan fingerprint density at radius 3 is 2.93 bits per heavy atom. The largest absolute Gasteiger partial charge is 0.459 e. The molecule has 1 fully saturated rings. The van der Waals surface area contributed by atoms with E-state index in [1.807, 2.05) is 13.0 Å². The molecule has 3 aromatic rings. The van der Waals surface area contributed by atoms with Crippen LogP contribution in [0.4, 0.5) is 5.82 Å². The molecule has 3 atom stereocenters. The van der Waals surface area contributed by atoms with E-state index in [9.17, 15) is 10.1 Å². The van der Waals surface area contributed by atoms with E-state index >= 15 is 0 Å². The molecule has 1 aliphatic heterocycles. The molecule has 0 spiro atoms. The fourth-order valence-electron chi connectivity index (χ4n) is 3.66. The van der Waals surface area contributed by atoms with Crippen LogP contribution in [-0.4, -0.2) is 33.3 Å². The highest BCUT2D eigenvalue weighted by Gasteiger charge is 2.50. The topological polar surface area (TPSA) is 116 Å². The molecule has 0 bridgehead atoms. The van der Waals surface area contributed by atoms with E-state index < -0.39 is 17.7 Å². The van der Waals surface area contributed by atoms with E-state index in [0.29, 0.717) is 29.0 Å². The van der Waals surface area contributed by atoms with E-state index in [4.69, 9.17) is 15.2 Å². The maximum Gasteiger partial charge on any atom is 0.338 e. The van der Waals surface area contributed by atoms with Crippen LogP contribution >= 0.6 is 0 Å². The number of fused-ring (bicyclic) bond motifs is 1. The molecule has 0 amide bonds. The van der Waals surface area contributed by atoms with Crippen molar-refractivity contribution < 1.29 is 14.3 Å². The molecule has 1 unspecified atom stereocenters. The van der Waals surface area contributed by atoms with Crippen molar-refractivity contribution in [3.05, 3.63) is 60.0 Å². The van der Waals surface area contributed by atoms with Crippen molar-refractivity contribution in [3.8, 4) is 6.07 Å². The highest BCUT2D eigenvalue weighted by Crippen LogP contribution is 2.44. The number of nitrogens with zero attached hydrogens (tertiary/aromatic N) is 4. The van der Waals surface area contributed by atoms with Crippen LogP contribution < -0.4 is 5.73 Å². The van der Waals surface area contributed by atoms with Gasteiger partial charge in [0.05, 0.1) is 17.4 Å². The first kappa shape index (κ1) is 17.9. The van der Waals surface area contributed by atoms with Crippen molar-refractivity contribution >= 4 is 17.3 Å². The number of nitriles is 1. The maximum absolute atomic E-state index is 12.2. The number of hydrogen-bond donors (Lipinski definition) is 1. The van der Waals surface area contributed by atoms with Crippen molar-refractivity contribution in [3.63, 3.8) is 0 Å². The molecule has 1 aliphatic rings. The monoisotopic (exact) mass is 377 g/mol. The molecule has 0 aliphatic carbocycles. The maximum atomic E-state index is 12.2. The molecule has 2 aromatic heterocycles. The number of anilines is 1. The van der Waals surface area contributed by atoms with Crippen LogP contribution in [0.25, 0.3) is 5.52 Å². The average molecular weight is 377 g/mol. The molecular formula is C20H19N5O3. The summed E-state index contributed by atoms with van der Waals surface area (Å²) >= 11 is 0. The highest BCUT2D eigenvalue weighted by molar-refractivity contribution is 5.89.